The molecule has 0 bridgehead atoms. The lowest BCUT2D eigenvalue weighted by Crippen LogP contribution is -3.00. The van der Waals surface area contributed by atoms with Crippen LogP contribution in [-0.4, -0.2) is 17.2 Å². The van der Waals surface area contributed by atoms with Gasteiger partial charge in [0, 0.05) is 28.7 Å². The van der Waals surface area contributed by atoms with Gasteiger partial charge in [0.05, 0.1) is 6.54 Å². The van der Waals surface area contributed by atoms with E-state index in [0.717, 1.165) is 41.0 Å². The van der Waals surface area contributed by atoms with Crippen LogP contribution in [-0.2, 0) is 6.42 Å². The average molecular weight is 568 g/mol. The predicted octanol–water partition coefficient (Wildman–Crippen LogP) is 4.77. The van der Waals surface area contributed by atoms with Gasteiger partial charge in [0.25, 0.3) is 0 Å². The van der Waals surface area contributed by atoms with Gasteiger partial charge in [-0.25, -0.2) is 4.48 Å². The molecule has 0 atom stereocenters. The second-order valence-corrected chi connectivity index (χ2v) is 8.25. The van der Waals surface area contributed by atoms with Crippen LogP contribution in [0.25, 0.3) is 0 Å². The smallest absolute Gasteiger partial charge is 0.146 e. The van der Waals surface area contributed by atoms with E-state index in [2.05, 4.69) is 117 Å². The van der Waals surface area contributed by atoms with E-state index < -0.39 is 0 Å². The fourth-order valence-corrected chi connectivity index (χ4v) is 4.35. The molecule has 1 nitrogen and oxygen atoms in total. The zero-order valence-electron chi connectivity index (χ0n) is 15.9. The van der Waals surface area contributed by atoms with E-state index in [9.17, 15) is 0 Å². The number of benzene rings is 3. The van der Waals surface area contributed by atoms with Gasteiger partial charge in [-0.1, -0.05) is 86.5 Å². The van der Waals surface area contributed by atoms with Gasteiger partial charge < -0.3 is 17.0 Å². The second kappa shape index (κ2) is 11.9. The molecule has 0 saturated heterocycles. The topological polar surface area (TPSA) is 0 Å². The molecule has 3 aromatic carbocycles. The quantitative estimate of drug-likeness (QED) is 0.258. The van der Waals surface area contributed by atoms with Crippen molar-refractivity contribution in [3.05, 3.63) is 90.5 Å². The molecule has 0 aliphatic rings. The molecule has 148 valence electrons. The van der Waals surface area contributed by atoms with Crippen LogP contribution in [0.4, 0.5) is 17.1 Å². The minimum absolute atomic E-state index is 0. The Bertz CT molecular complexity index is 782. The highest BCUT2D eigenvalue weighted by Crippen LogP contribution is 2.45. The normalized spacial score (nSPS) is 11.1. The van der Waals surface area contributed by atoms with Crippen LogP contribution in [0.1, 0.15) is 18.4 Å². The zero-order chi connectivity index (χ0) is 19.0. The fourth-order valence-electron chi connectivity index (χ4n) is 3.82. The standard InChI is InChI=1S/C24H26Br2N.BrH/c25-18-9-12-21-11-7-8-17-24(21)27(20-10-19-26,22-13-3-1-4-14-22)23-15-5-2-6-16-23;/h1-8,11,13-17H,9-10,12,18-20H2;1H/q+1;/p-1. The van der Waals surface area contributed by atoms with E-state index in [-0.39, 0.29) is 17.0 Å². The Morgan fingerprint density at radius 3 is 1.64 bits per heavy atom. The Kier molecular flexibility index (Phi) is 9.93. The molecule has 0 unspecified atom stereocenters. The number of quaternary nitrogens is 1. The summed E-state index contributed by atoms with van der Waals surface area (Å²) in [6, 6.07) is 30.8. The molecule has 0 aliphatic heterocycles. The lowest BCUT2D eigenvalue weighted by molar-refractivity contribution is -0.00000514. The molecular formula is C24H26Br3N. The lowest BCUT2D eigenvalue weighted by Gasteiger charge is -2.38. The third-order valence-corrected chi connectivity index (χ3v) is 6.13. The minimum atomic E-state index is 0. The molecule has 28 heavy (non-hydrogen) atoms. The Labute approximate surface area is 196 Å². The molecule has 0 aliphatic carbocycles. The van der Waals surface area contributed by atoms with Gasteiger partial charge in [0.1, 0.15) is 17.1 Å². The van der Waals surface area contributed by atoms with E-state index in [1.807, 2.05) is 0 Å². The Hall–Kier alpha value is -0.940. The maximum absolute atomic E-state index is 3.66. The largest absolute Gasteiger partial charge is 1.00 e. The molecule has 3 aromatic rings. The fraction of sp³-hybridized carbons (Fsp3) is 0.250. The van der Waals surface area contributed by atoms with Gasteiger partial charge in [0.2, 0.25) is 0 Å². The van der Waals surface area contributed by atoms with Crippen LogP contribution in [0.3, 0.4) is 0 Å². The summed E-state index contributed by atoms with van der Waals surface area (Å²) in [4.78, 5) is 0. The van der Waals surface area contributed by atoms with Crippen molar-refractivity contribution in [2.75, 3.05) is 17.2 Å². The highest BCUT2D eigenvalue weighted by molar-refractivity contribution is 9.09. The lowest BCUT2D eigenvalue weighted by atomic mass is 10.0. The summed E-state index contributed by atoms with van der Waals surface area (Å²) < 4.78 is 0.756. The first kappa shape index (κ1) is 23.3. The Balaban J connectivity index is 0.00000280. The third kappa shape index (κ3) is 5.15. The molecule has 3 rings (SSSR count). The molecular weight excluding hydrogens is 542 g/mol. The molecule has 0 heterocycles. The molecule has 0 N–H and O–H groups in total. The van der Waals surface area contributed by atoms with Gasteiger partial charge in [-0.3, -0.25) is 0 Å². The summed E-state index contributed by atoms with van der Waals surface area (Å²) in [7, 11) is 0. The van der Waals surface area contributed by atoms with E-state index in [0.29, 0.717) is 0 Å². The van der Waals surface area contributed by atoms with Gasteiger partial charge in [0.15, 0.2) is 0 Å². The summed E-state index contributed by atoms with van der Waals surface area (Å²) in [6.07, 6.45) is 3.31. The van der Waals surface area contributed by atoms with Crippen molar-refractivity contribution in [1.82, 2.24) is 4.48 Å². The molecule has 0 saturated carbocycles. The predicted molar refractivity (Wildman–Crippen MR) is 126 cm³/mol. The van der Waals surface area contributed by atoms with Crippen LogP contribution in [0.15, 0.2) is 84.9 Å². The van der Waals surface area contributed by atoms with Crippen LogP contribution in [0.2, 0.25) is 0 Å². The van der Waals surface area contributed by atoms with Gasteiger partial charge in [-0.2, -0.15) is 0 Å². The number of hydrogen-bond donors (Lipinski definition) is 0. The van der Waals surface area contributed by atoms with Crippen molar-refractivity contribution < 1.29 is 17.0 Å². The first-order chi connectivity index (χ1) is 13.3. The summed E-state index contributed by atoms with van der Waals surface area (Å²) in [5.41, 5.74) is 5.45. The first-order valence-electron chi connectivity index (χ1n) is 9.52. The molecule has 4 heteroatoms. The van der Waals surface area contributed by atoms with Gasteiger partial charge in [-0.05, 0) is 37.1 Å². The van der Waals surface area contributed by atoms with Gasteiger partial charge >= 0.3 is 0 Å². The number of alkyl halides is 2. The van der Waals surface area contributed by atoms with Crippen molar-refractivity contribution in [3.8, 4) is 0 Å². The maximum atomic E-state index is 3.66. The number of hydrogen-bond acceptors (Lipinski definition) is 0. The molecule has 0 spiro atoms. The van der Waals surface area contributed by atoms with Crippen LogP contribution in [0, 0.1) is 0 Å². The summed E-state index contributed by atoms with van der Waals surface area (Å²) in [5, 5.41) is 2.02. The maximum Gasteiger partial charge on any atom is 0.146 e. The summed E-state index contributed by atoms with van der Waals surface area (Å²) >= 11 is 7.27. The monoisotopic (exact) mass is 565 g/mol. The molecule has 0 amide bonds. The Morgan fingerprint density at radius 2 is 1.11 bits per heavy atom. The first-order valence-corrected chi connectivity index (χ1v) is 11.8. The number of aryl methyl sites for hydroxylation is 1. The Morgan fingerprint density at radius 1 is 0.607 bits per heavy atom. The van der Waals surface area contributed by atoms with Crippen LogP contribution >= 0.6 is 31.9 Å². The molecule has 0 fully saturated rings. The third-order valence-electron chi connectivity index (χ3n) is 5.00. The second-order valence-electron chi connectivity index (χ2n) is 6.67. The van der Waals surface area contributed by atoms with Crippen molar-refractivity contribution in [2.24, 2.45) is 0 Å². The van der Waals surface area contributed by atoms with E-state index in [1.54, 1.807) is 0 Å². The van der Waals surface area contributed by atoms with E-state index in [1.165, 1.54) is 22.6 Å². The van der Waals surface area contributed by atoms with Gasteiger partial charge in [-0.15, -0.1) is 0 Å². The number of para-hydroxylation sites is 3. The SMILES string of the molecule is BrCCCc1ccccc1[N+](CCCBr)(c1ccccc1)c1ccccc1.[Br-]. The van der Waals surface area contributed by atoms with Crippen molar-refractivity contribution >= 4 is 48.9 Å². The molecule has 0 aromatic heterocycles. The highest BCUT2D eigenvalue weighted by Gasteiger charge is 2.37. The number of rotatable bonds is 9. The van der Waals surface area contributed by atoms with Crippen LogP contribution < -0.4 is 21.5 Å². The average Bonchev–Trinajstić information content (AvgIpc) is 2.75. The van der Waals surface area contributed by atoms with E-state index in [4.69, 9.17) is 0 Å². The highest BCUT2D eigenvalue weighted by atomic mass is 79.9. The number of halogens is 3. The van der Waals surface area contributed by atoms with Crippen LogP contribution in [0.5, 0.6) is 0 Å². The minimum Gasteiger partial charge on any atom is -1.00 e. The van der Waals surface area contributed by atoms with Crippen molar-refractivity contribution in [1.29, 1.82) is 0 Å². The summed E-state index contributed by atoms with van der Waals surface area (Å²) in [6.45, 7) is 1.02. The number of nitrogens with zero attached hydrogens (tertiary/aromatic N) is 1. The van der Waals surface area contributed by atoms with E-state index >= 15 is 0 Å². The molecule has 0 radical (unpaired) electrons. The van der Waals surface area contributed by atoms with Crippen molar-refractivity contribution in [2.45, 2.75) is 19.3 Å². The summed E-state index contributed by atoms with van der Waals surface area (Å²) in [5.74, 6) is 0. The van der Waals surface area contributed by atoms with Crippen molar-refractivity contribution in [3.63, 3.8) is 0 Å². The zero-order valence-corrected chi connectivity index (χ0v) is 20.7.